The molecule has 2 N–H and O–H groups in total. The molecule has 1 aliphatic rings. The van der Waals surface area contributed by atoms with Gasteiger partial charge in [0.05, 0.1) is 0 Å². The van der Waals surface area contributed by atoms with E-state index in [2.05, 4.69) is 39.5 Å². The Kier molecular flexibility index (Phi) is 5.06. The summed E-state index contributed by atoms with van der Waals surface area (Å²) < 4.78 is 0. The number of phenols is 1. The predicted octanol–water partition coefficient (Wildman–Crippen LogP) is 2.52. The van der Waals surface area contributed by atoms with Crippen LogP contribution in [0.15, 0.2) is 18.2 Å². The summed E-state index contributed by atoms with van der Waals surface area (Å²) in [6.07, 6.45) is 7.50. The molecule has 0 amide bonds. The van der Waals surface area contributed by atoms with Crippen molar-refractivity contribution in [1.82, 2.24) is 15.1 Å². The third kappa shape index (κ3) is 3.46. The predicted molar refractivity (Wildman–Crippen MR) is 101 cm³/mol. The van der Waals surface area contributed by atoms with Crippen LogP contribution < -0.4 is 5.32 Å². The lowest BCUT2D eigenvalue weighted by atomic mass is 10.0. The Hall–Kier alpha value is -3.09. The van der Waals surface area contributed by atoms with Gasteiger partial charge in [0.15, 0.2) is 5.82 Å². The lowest BCUT2D eigenvalue weighted by Gasteiger charge is -2.30. The molecule has 1 aliphatic heterocycles. The monoisotopic (exact) mass is 347 g/mol. The van der Waals surface area contributed by atoms with Crippen LogP contribution in [0.2, 0.25) is 0 Å². The van der Waals surface area contributed by atoms with Gasteiger partial charge in [0.1, 0.15) is 23.1 Å². The van der Waals surface area contributed by atoms with Crippen molar-refractivity contribution in [2.45, 2.75) is 25.8 Å². The number of rotatable bonds is 3. The Bertz CT molecular complexity index is 910. The Morgan fingerprint density at radius 3 is 2.85 bits per heavy atom. The van der Waals surface area contributed by atoms with E-state index in [9.17, 15) is 10.4 Å². The molecule has 1 fully saturated rings. The maximum atomic E-state index is 10.3. The number of aromatic nitrogens is 2. The molecule has 0 saturated carbocycles. The maximum Gasteiger partial charge on any atom is 0.167 e. The molecule has 0 bridgehead atoms. The number of nitrogens with zero attached hydrogens (tertiary/aromatic N) is 4. The molecule has 2 aromatic rings. The molecule has 1 saturated heterocycles. The van der Waals surface area contributed by atoms with Gasteiger partial charge in [-0.2, -0.15) is 5.26 Å². The van der Waals surface area contributed by atoms with Crippen LogP contribution in [0, 0.1) is 30.6 Å². The van der Waals surface area contributed by atoms with Gasteiger partial charge < -0.3 is 15.3 Å². The molecule has 26 heavy (non-hydrogen) atoms. The number of likely N-dealkylation sites (N-methyl/N-ethyl adjacent to an activating group) is 1. The van der Waals surface area contributed by atoms with E-state index in [1.807, 2.05) is 6.92 Å². The van der Waals surface area contributed by atoms with E-state index < -0.39 is 0 Å². The number of piperidine rings is 1. The molecule has 3 rings (SSSR count). The lowest BCUT2D eigenvalue weighted by molar-refractivity contribution is 0.260. The highest BCUT2D eigenvalue weighted by Crippen LogP contribution is 2.33. The molecule has 0 radical (unpaired) electrons. The van der Waals surface area contributed by atoms with Gasteiger partial charge in [0, 0.05) is 23.7 Å². The highest BCUT2D eigenvalue weighted by atomic mass is 16.3. The summed E-state index contributed by atoms with van der Waals surface area (Å²) >= 11 is 0. The zero-order valence-electron chi connectivity index (χ0n) is 15.0. The van der Waals surface area contributed by atoms with Crippen LogP contribution in [0.1, 0.15) is 29.5 Å². The van der Waals surface area contributed by atoms with Crippen molar-refractivity contribution in [2.24, 2.45) is 0 Å². The fourth-order valence-electron chi connectivity index (χ4n) is 3.31. The molecule has 132 valence electrons. The lowest BCUT2D eigenvalue weighted by Crippen LogP contribution is -2.40. The molecule has 1 unspecified atom stereocenters. The second-order valence-corrected chi connectivity index (χ2v) is 6.63. The van der Waals surface area contributed by atoms with Gasteiger partial charge in [0.2, 0.25) is 0 Å². The van der Waals surface area contributed by atoms with E-state index in [0.29, 0.717) is 33.8 Å². The van der Waals surface area contributed by atoms with E-state index in [1.165, 1.54) is 6.07 Å². The fourth-order valence-corrected chi connectivity index (χ4v) is 3.31. The number of phenolic OH excluding ortho intramolecular Hbond substituents is 1. The number of hydrogen-bond donors (Lipinski definition) is 2. The molecule has 1 aromatic carbocycles. The highest BCUT2D eigenvalue weighted by Gasteiger charge is 2.21. The summed E-state index contributed by atoms with van der Waals surface area (Å²) in [5.41, 5.74) is 2.70. The number of anilines is 1. The minimum Gasteiger partial charge on any atom is -0.507 e. The maximum absolute atomic E-state index is 10.3. The molecule has 2 heterocycles. The van der Waals surface area contributed by atoms with Crippen LogP contribution in [-0.2, 0) is 0 Å². The van der Waals surface area contributed by atoms with E-state index in [0.717, 1.165) is 25.9 Å². The van der Waals surface area contributed by atoms with E-state index in [-0.39, 0.29) is 11.8 Å². The minimum absolute atomic E-state index is 0.0244. The zero-order valence-corrected chi connectivity index (χ0v) is 15.0. The third-order valence-corrected chi connectivity index (χ3v) is 4.71. The first-order valence-electron chi connectivity index (χ1n) is 8.56. The summed E-state index contributed by atoms with van der Waals surface area (Å²) in [5.74, 6) is 3.00. The summed E-state index contributed by atoms with van der Waals surface area (Å²) in [5, 5.41) is 31.8. The normalized spacial score (nSPS) is 17.3. The van der Waals surface area contributed by atoms with Crippen LogP contribution in [0.4, 0.5) is 5.82 Å². The molecule has 6 heteroatoms. The van der Waals surface area contributed by atoms with Crippen molar-refractivity contribution in [1.29, 1.82) is 5.26 Å². The summed E-state index contributed by atoms with van der Waals surface area (Å²) in [6.45, 7) is 3.80. The first kappa shape index (κ1) is 17.7. The van der Waals surface area contributed by atoms with Gasteiger partial charge in [-0.15, -0.1) is 16.6 Å². The second kappa shape index (κ2) is 7.43. The standard InChI is InChI=1S/C20H21N5O/c1-4-14-7-8-16(18(26)10-14)19-13(2)17(11-21)20(24-23-19)22-15-6-5-9-25(3)12-15/h1,7-8,10,15,26H,5-6,9,12H2,2-3H3,(H,22,24). The first-order valence-corrected chi connectivity index (χ1v) is 8.56. The molecule has 6 nitrogen and oxygen atoms in total. The van der Waals surface area contributed by atoms with Gasteiger partial charge in [-0.1, -0.05) is 5.92 Å². The van der Waals surface area contributed by atoms with Crippen molar-refractivity contribution in [3.05, 3.63) is 34.9 Å². The summed E-state index contributed by atoms with van der Waals surface area (Å²) in [4.78, 5) is 2.26. The first-order chi connectivity index (χ1) is 12.5. The van der Waals surface area contributed by atoms with Gasteiger partial charge in [-0.25, -0.2) is 0 Å². The number of nitrogens with one attached hydrogen (secondary N) is 1. The van der Waals surface area contributed by atoms with Crippen LogP contribution in [-0.4, -0.2) is 46.4 Å². The van der Waals surface area contributed by atoms with Crippen molar-refractivity contribution in [2.75, 3.05) is 25.5 Å². The molecule has 1 atom stereocenters. The molecule has 0 aliphatic carbocycles. The molecule has 0 spiro atoms. The van der Waals surface area contributed by atoms with Crippen molar-refractivity contribution in [3.8, 4) is 35.4 Å². The summed E-state index contributed by atoms with van der Waals surface area (Å²) in [6, 6.07) is 7.40. The van der Waals surface area contributed by atoms with Gasteiger partial charge in [0.25, 0.3) is 0 Å². The fraction of sp³-hybridized carbons (Fsp3) is 0.350. The number of likely N-dealkylation sites (tertiary alicyclic amines) is 1. The Labute approximate surface area is 153 Å². The Morgan fingerprint density at radius 2 is 2.19 bits per heavy atom. The third-order valence-electron chi connectivity index (χ3n) is 4.71. The molecular formula is C20H21N5O. The van der Waals surface area contributed by atoms with E-state index in [4.69, 9.17) is 6.42 Å². The molecule has 1 aromatic heterocycles. The molecular weight excluding hydrogens is 326 g/mol. The number of hydrogen-bond acceptors (Lipinski definition) is 6. The topological polar surface area (TPSA) is 85.1 Å². The average Bonchev–Trinajstić information content (AvgIpc) is 2.62. The van der Waals surface area contributed by atoms with Crippen LogP contribution in [0.3, 0.4) is 0 Å². The van der Waals surface area contributed by atoms with Crippen molar-refractivity contribution < 1.29 is 5.11 Å². The van der Waals surface area contributed by atoms with Crippen LogP contribution >= 0.6 is 0 Å². The number of aromatic hydroxyl groups is 1. The van der Waals surface area contributed by atoms with Crippen molar-refractivity contribution >= 4 is 5.82 Å². The van der Waals surface area contributed by atoms with Gasteiger partial charge in [-0.05, 0) is 57.1 Å². The van der Waals surface area contributed by atoms with Crippen LogP contribution in [0.25, 0.3) is 11.3 Å². The highest BCUT2D eigenvalue weighted by molar-refractivity contribution is 5.74. The van der Waals surface area contributed by atoms with Gasteiger partial charge in [-0.3, -0.25) is 0 Å². The minimum atomic E-state index is 0.0244. The largest absolute Gasteiger partial charge is 0.507 e. The van der Waals surface area contributed by atoms with E-state index >= 15 is 0 Å². The Balaban J connectivity index is 1.96. The number of benzene rings is 1. The number of terminal acetylenes is 1. The van der Waals surface area contributed by atoms with E-state index in [1.54, 1.807) is 12.1 Å². The number of nitriles is 1. The van der Waals surface area contributed by atoms with Crippen molar-refractivity contribution in [3.63, 3.8) is 0 Å². The smallest absolute Gasteiger partial charge is 0.167 e. The quantitative estimate of drug-likeness (QED) is 0.830. The average molecular weight is 347 g/mol. The second-order valence-electron chi connectivity index (χ2n) is 6.63. The SMILES string of the molecule is C#Cc1ccc(-c2nnc(NC3CCCN(C)C3)c(C#N)c2C)c(O)c1. The zero-order chi connectivity index (χ0) is 18.7. The Morgan fingerprint density at radius 1 is 1.38 bits per heavy atom. The summed E-state index contributed by atoms with van der Waals surface area (Å²) in [7, 11) is 2.09. The van der Waals surface area contributed by atoms with Gasteiger partial charge >= 0.3 is 0 Å². The van der Waals surface area contributed by atoms with Crippen LogP contribution in [0.5, 0.6) is 5.75 Å².